The van der Waals surface area contributed by atoms with Crippen LogP contribution in [0.5, 0.6) is 11.5 Å². The van der Waals surface area contributed by atoms with Gasteiger partial charge in [0.05, 0.1) is 13.2 Å². The van der Waals surface area contributed by atoms with Crippen LogP contribution >= 0.6 is 0 Å². The molecule has 36 heavy (non-hydrogen) atoms. The van der Waals surface area contributed by atoms with Crippen LogP contribution in [0.25, 0.3) is 10.8 Å². The van der Waals surface area contributed by atoms with Gasteiger partial charge in [0.2, 0.25) is 0 Å². The molecule has 0 saturated heterocycles. The quantitative estimate of drug-likeness (QED) is 0.142. The van der Waals surface area contributed by atoms with Crippen molar-refractivity contribution in [3.05, 3.63) is 36.4 Å². The Balaban J connectivity index is 1.63. The van der Waals surface area contributed by atoms with Gasteiger partial charge < -0.3 is 19.7 Å². The molecule has 0 aliphatic rings. The first-order valence-corrected chi connectivity index (χ1v) is 14.9. The van der Waals surface area contributed by atoms with Gasteiger partial charge in [0.25, 0.3) is 0 Å². The highest BCUT2D eigenvalue weighted by molar-refractivity contribution is 5.86. The Morgan fingerprint density at radius 3 is 1.06 bits per heavy atom. The lowest BCUT2D eigenvalue weighted by molar-refractivity contribution is 0.259. The monoisotopic (exact) mass is 500 g/mol. The summed E-state index contributed by atoms with van der Waals surface area (Å²) in [5.41, 5.74) is 0. The number of unbranched alkanes of at least 4 members (excludes halogenated alkanes) is 16. The molecule has 0 amide bonds. The van der Waals surface area contributed by atoms with E-state index < -0.39 is 0 Å². The Labute approximate surface area is 220 Å². The fourth-order valence-electron chi connectivity index (χ4n) is 4.69. The van der Waals surface area contributed by atoms with Crippen LogP contribution < -0.4 is 9.47 Å². The number of hydrogen-bond donors (Lipinski definition) is 2. The first-order chi connectivity index (χ1) is 17.8. The number of hydrogen-bond acceptors (Lipinski definition) is 4. The largest absolute Gasteiger partial charge is 0.490 e. The highest BCUT2D eigenvalue weighted by Gasteiger charge is 2.08. The van der Waals surface area contributed by atoms with Crippen molar-refractivity contribution in [1.82, 2.24) is 0 Å². The van der Waals surface area contributed by atoms with Gasteiger partial charge in [-0.2, -0.15) is 0 Å². The van der Waals surface area contributed by atoms with E-state index in [9.17, 15) is 0 Å². The van der Waals surface area contributed by atoms with Crippen molar-refractivity contribution in [2.75, 3.05) is 26.4 Å². The standard InChI is InChI=1S/C32H52O4/c33-23-17-11-7-3-1-5-9-13-19-25-35-31-27-29-21-15-16-22-30(29)28-32(31)36-26-20-14-10-6-2-4-8-12-18-24-34/h15-16,21-22,27-28,33-34H,1-14,17-20,23-26H2. The molecular formula is C32H52O4. The van der Waals surface area contributed by atoms with Crippen molar-refractivity contribution in [2.45, 2.75) is 116 Å². The third kappa shape index (κ3) is 14.1. The average molecular weight is 501 g/mol. The summed E-state index contributed by atoms with van der Waals surface area (Å²) in [6.07, 6.45) is 21.6. The minimum Gasteiger partial charge on any atom is -0.490 e. The van der Waals surface area contributed by atoms with Crippen LogP contribution in [0, 0.1) is 0 Å². The third-order valence-electron chi connectivity index (χ3n) is 6.93. The molecule has 0 fully saturated rings. The molecular weight excluding hydrogens is 448 g/mol. The molecule has 4 nitrogen and oxygen atoms in total. The minimum absolute atomic E-state index is 0.331. The van der Waals surface area contributed by atoms with E-state index in [1.165, 1.54) is 87.8 Å². The van der Waals surface area contributed by atoms with Gasteiger partial charge in [-0.1, -0.05) is 114 Å². The van der Waals surface area contributed by atoms with E-state index >= 15 is 0 Å². The molecule has 2 aromatic rings. The summed E-state index contributed by atoms with van der Waals surface area (Å²) in [7, 11) is 0. The van der Waals surface area contributed by atoms with Gasteiger partial charge in [0.1, 0.15) is 0 Å². The van der Waals surface area contributed by atoms with Gasteiger partial charge >= 0.3 is 0 Å². The predicted molar refractivity (Wildman–Crippen MR) is 152 cm³/mol. The molecule has 0 spiro atoms. The van der Waals surface area contributed by atoms with Crippen LogP contribution in [0.1, 0.15) is 116 Å². The number of ether oxygens (including phenoxy) is 2. The van der Waals surface area contributed by atoms with Crippen LogP contribution in [-0.2, 0) is 0 Å². The van der Waals surface area contributed by atoms with E-state index in [0.717, 1.165) is 63.2 Å². The number of fused-ring (bicyclic) bond motifs is 1. The Hall–Kier alpha value is -1.78. The van der Waals surface area contributed by atoms with Gasteiger partial charge in [-0.15, -0.1) is 0 Å². The zero-order chi connectivity index (χ0) is 25.5. The van der Waals surface area contributed by atoms with Gasteiger partial charge in [-0.3, -0.25) is 0 Å². The Bertz CT molecular complexity index is 711. The summed E-state index contributed by atoms with van der Waals surface area (Å²) >= 11 is 0. The molecule has 0 aliphatic heterocycles. The second kappa shape index (κ2) is 21.3. The normalized spacial score (nSPS) is 11.3. The molecule has 0 saturated carbocycles. The predicted octanol–water partition coefficient (Wildman–Crippen LogP) is 8.60. The maximum atomic E-state index is 8.83. The fraction of sp³-hybridized carbons (Fsp3) is 0.688. The summed E-state index contributed by atoms with van der Waals surface area (Å²) in [6, 6.07) is 12.7. The van der Waals surface area contributed by atoms with E-state index in [0.29, 0.717) is 13.2 Å². The summed E-state index contributed by atoms with van der Waals surface area (Å²) in [5.74, 6) is 1.75. The Kier molecular flexibility index (Phi) is 18.0. The second-order valence-corrected chi connectivity index (χ2v) is 10.2. The molecule has 0 unspecified atom stereocenters. The van der Waals surface area contributed by atoms with Crippen molar-refractivity contribution >= 4 is 10.8 Å². The topological polar surface area (TPSA) is 58.9 Å². The van der Waals surface area contributed by atoms with Crippen LogP contribution in [0.15, 0.2) is 36.4 Å². The summed E-state index contributed by atoms with van der Waals surface area (Å²) in [4.78, 5) is 0. The first-order valence-electron chi connectivity index (χ1n) is 14.9. The fourth-order valence-corrected chi connectivity index (χ4v) is 4.69. The molecule has 0 aliphatic carbocycles. The SMILES string of the molecule is OCCCCCCCCCCCOc1cc2ccccc2cc1OCCCCCCCCCCCO. The molecule has 2 aromatic carbocycles. The summed E-state index contributed by atoms with van der Waals surface area (Å²) in [6.45, 7) is 2.14. The molecule has 2 rings (SSSR count). The van der Waals surface area contributed by atoms with Crippen LogP contribution in [0.3, 0.4) is 0 Å². The lowest BCUT2D eigenvalue weighted by Gasteiger charge is -2.14. The van der Waals surface area contributed by atoms with E-state index in [2.05, 4.69) is 36.4 Å². The van der Waals surface area contributed by atoms with Crippen LogP contribution in [0.2, 0.25) is 0 Å². The van der Waals surface area contributed by atoms with Crippen molar-refractivity contribution in [2.24, 2.45) is 0 Å². The Morgan fingerprint density at radius 2 is 0.722 bits per heavy atom. The van der Waals surface area contributed by atoms with Gasteiger partial charge in [0.15, 0.2) is 11.5 Å². The van der Waals surface area contributed by atoms with Gasteiger partial charge in [-0.05, 0) is 48.6 Å². The smallest absolute Gasteiger partial charge is 0.161 e. The van der Waals surface area contributed by atoms with E-state index in [1.54, 1.807) is 0 Å². The molecule has 0 aromatic heterocycles. The van der Waals surface area contributed by atoms with Gasteiger partial charge in [0, 0.05) is 13.2 Å². The number of rotatable bonds is 24. The molecule has 0 heterocycles. The van der Waals surface area contributed by atoms with Gasteiger partial charge in [-0.25, -0.2) is 0 Å². The van der Waals surface area contributed by atoms with E-state index in [4.69, 9.17) is 19.7 Å². The molecule has 204 valence electrons. The summed E-state index contributed by atoms with van der Waals surface area (Å²) < 4.78 is 12.4. The zero-order valence-corrected chi connectivity index (χ0v) is 22.7. The van der Waals surface area contributed by atoms with Crippen molar-refractivity contribution in [3.8, 4) is 11.5 Å². The number of aliphatic hydroxyl groups is 2. The maximum absolute atomic E-state index is 8.83. The van der Waals surface area contributed by atoms with Crippen molar-refractivity contribution in [3.63, 3.8) is 0 Å². The van der Waals surface area contributed by atoms with Crippen LogP contribution in [0.4, 0.5) is 0 Å². The van der Waals surface area contributed by atoms with Crippen molar-refractivity contribution < 1.29 is 19.7 Å². The third-order valence-corrected chi connectivity index (χ3v) is 6.93. The number of aliphatic hydroxyl groups excluding tert-OH is 2. The Morgan fingerprint density at radius 1 is 0.417 bits per heavy atom. The lowest BCUT2D eigenvalue weighted by Crippen LogP contribution is -2.03. The van der Waals surface area contributed by atoms with Crippen LogP contribution in [-0.4, -0.2) is 36.6 Å². The summed E-state index contributed by atoms with van der Waals surface area (Å²) in [5, 5.41) is 20.1. The highest BCUT2D eigenvalue weighted by Crippen LogP contribution is 2.33. The second-order valence-electron chi connectivity index (χ2n) is 10.2. The van der Waals surface area contributed by atoms with E-state index in [1.807, 2.05) is 0 Å². The van der Waals surface area contributed by atoms with E-state index in [-0.39, 0.29) is 0 Å². The zero-order valence-electron chi connectivity index (χ0n) is 22.7. The molecule has 4 heteroatoms. The number of benzene rings is 2. The average Bonchev–Trinajstić information content (AvgIpc) is 2.90. The highest BCUT2D eigenvalue weighted by atomic mass is 16.5. The van der Waals surface area contributed by atoms with Crippen molar-refractivity contribution in [1.29, 1.82) is 0 Å². The molecule has 2 N–H and O–H groups in total. The first kappa shape index (κ1) is 30.4. The molecule has 0 radical (unpaired) electrons. The molecule has 0 atom stereocenters. The molecule has 0 bridgehead atoms. The maximum Gasteiger partial charge on any atom is 0.161 e. The lowest BCUT2D eigenvalue weighted by atomic mass is 10.1. The minimum atomic E-state index is 0.331.